The molecule has 5 aromatic rings. The molecule has 0 spiro atoms. The van der Waals surface area contributed by atoms with E-state index in [2.05, 4.69) is 46.0 Å². The molecular formula is C24H16N4S. The SMILES string of the molecule is Cn1c(-c2ccc(C#N)cc2)cnc1-c1ccc(-c2nc3ccccc3s2)cc1. The molecule has 5 heteroatoms. The Balaban J connectivity index is 1.47. The van der Waals surface area contributed by atoms with Gasteiger partial charge < -0.3 is 4.57 Å². The first-order valence-corrected chi connectivity index (χ1v) is 10.0. The van der Waals surface area contributed by atoms with Gasteiger partial charge in [-0.3, -0.25) is 0 Å². The van der Waals surface area contributed by atoms with Gasteiger partial charge in [0.1, 0.15) is 10.8 Å². The smallest absolute Gasteiger partial charge is 0.140 e. The Hall–Kier alpha value is -3.75. The second kappa shape index (κ2) is 7.01. The van der Waals surface area contributed by atoms with E-state index in [1.165, 1.54) is 4.70 Å². The first-order valence-electron chi connectivity index (χ1n) is 9.21. The van der Waals surface area contributed by atoms with Gasteiger partial charge in [0.25, 0.3) is 0 Å². The van der Waals surface area contributed by atoms with E-state index >= 15 is 0 Å². The summed E-state index contributed by atoms with van der Waals surface area (Å²) in [4.78, 5) is 9.36. The largest absolute Gasteiger partial charge is 0.327 e. The second-order valence-electron chi connectivity index (χ2n) is 6.78. The number of aromatic nitrogens is 3. The van der Waals surface area contributed by atoms with Crippen LogP contribution in [0.1, 0.15) is 5.56 Å². The molecule has 0 atom stereocenters. The van der Waals surface area contributed by atoms with Gasteiger partial charge in [-0.05, 0) is 29.8 Å². The first-order chi connectivity index (χ1) is 14.2. The van der Waals surface area contributed by atoms with E-state index in [1.54, 1.807) is 11.3 Å². The molecule has 5 rings (SSSR count). The number of rotatable bonds is 3. The molecule has 0 aliphatic carbocycles. The summed E-state index contributed by atoms with van der Waals surface area (Å²) in [6.07, 6.45) is 1.87. The molecule has 0 saturated heterocycles. The summed E-state index contributed by atoms with van der Waals surface area (Å²) in [6.45, 7) is 0. The lowest BCUT2D eigenvalue weighted by molar-refractivity contribution is 0.933. The van der Waals surface area contributed by atoms with Crippen molar-refractivity contribution in [1.29, 1.82) is 5.26 Å². The summed E-state index contributed by atoms with van der Waals surface area (Å²) < 4.78 is 3.27. The Kier molecular flexibility index (Phi) is 4.19. The minimum atomic E-state index is 0.654. The molecule has 0 saturated carbocycles. The van der Waals surface area contributed by atoms with Gasteiger partial charge in [0.05, 0.1) is 33.7 Å². The maximum Gasteiger partial charge on any atom is 0.140 e. The van der Waals surface area contributed by atoms with Crippen LogP contribution in [0.25, 0.3) is 43.4 Å². The molecule has 0 amide bonds. The topological polar surface area (TPSA) is 54.5 Å². The van der Waals surface area contributed by atoms with Gasteiger partial charge in [0.15, 0.2) is 0 Å². The van der Waals surface area contributed by atoms with Crippen LogP contribution in [0.3, 0.4) is 0 Å². The number of benzene rings is 3. The molecule has 2 heterocycles. The lowest BCUT2D eigenvalue weighted by Gasteiger charge is -2.07. The summed E-state index contributed by atoms with van der Waals surface area (Å²) in [5, 5.41) is 10.0. The Bertz CT molecular complexity index is 1320. The van der Waals surface area contributed by atoms with Gasteiger partial charge in [0, 0.05) is 18.2 Å². The third-order valence-electron chi connectivity index (χ3n) is 4.98. The Morgan fingerprint density at radius 1 is 0.862 bits per heavy atom. The third-order valence-corrected chi connectivity index (χ3v) is 6.07. The van der Waals surface area contributed by atoms with Crippen molar-refractivity contribution in [2.75, 3.05) is 0 Å². The molecule has 138 valence electrons. The van der Waals surface area contributed by atoms with Crippen molar-refractivity contribution >= 4 is 21.6 Å². The molecule has 0 fully saturated rings. The third kappa shape index (κ3) is 3.10. The average Bonchev–Trinajstić information content (AvgIpc) is 3.37. The van der Waals surface area contributed by atoms with Crippen LogP contribution < -0.4 is 0 Å². The number of para-hydroxylation sites is 1. The normalized spacial score (nSPS) is 10.9. The van der Waals surface area contributed by atoms with Gasteiger partial charge in [-0.15, -0.1) is 11.3 Å². The fourth-order valence-electron chi connectivity index (χ4n) is 3.42. The number of thiazole rings is 1. The van der Waals surface area contributed by atoms with Crippen molar-refractivity contribution in [2.24, 2.45) is 7.05 Å². The molecule has 0 aliphatic rings. The Morgan fingerprint density at radius 2 is 1.55 bits per heavy atom. The Morgan fingerprint density at radius 3 is 2.28 bits per heavy atom. The van der Waals surface area contributed by atoms with Crippen LogP contribution in [0, 0.1) is 11.3 Å². The number of hydrogen-bond acceptors (Lipinski definition) is 4. The van der Waals surface area contributed by atoms with Crippen LogP contribution in [-0.2, 0) is 7.05 Å². The number of fused-ring (bicyclic) bond motifs is 1. The molecular weight excluding hydrogens is 376 g/mol. The summed E-state index contributed by atoms with van der Waals surface area (Å²) in [6, 6.07) is 26.3. The minimum absolute atomic E-state index is 0.654. The van der Waals surface area contributed by atoms with Crippen LogP contribution in [0.5, 0.6) is 0 Å². The van der Waals surface area contributed by atoms with Gasteiger partial charge in [-0.1, -0.05) is 48.5 Å². The second-order valence-corrected chi connectivity index (χ2v) is 7.81. The maximum absolute atomic E-state index is 8.98. The van der Waals surface area contributed by atoms with Gasteiger partial charge in [-0.2, -0.15) is 5.26 Å². The van der Waals surface area contributed by atoms with E-state index in [-0.39, 0.29) is 0 Å². The summed E-state index contributed by atoms with van der Waals surface area (Å²) in [5.41, 5.74) is 5.90. The standard InChI is InChI=1S/C24H16N4S/c1-28-21(17-8-6-16(14-25)7-9-17)15-26-23(28)18-10-12-19(13-11-18)24-27-20-4-2-3-5-22(20)29-24/h2-13,15H,1H3. The van der Waals surface area contributed by atoms with Crippen LogP contribution in [-0.4, -0.2) is 14.5 Å². The molecule has 0 N–H and O–H groups in total. The summed E-state index contributed by atoms with van der Waals surface area (Å²) in [7, 11) is 2.01. The van der Waals surface area contributed by atoms with Crippen LogP contribution in [0.4, 0.5) is 0 Å². The fraction of sp³-hybridized carbons (Fsp3) is 0.0417. The first kappa shape index (κ1) is 17.4. The number of nitriles is 1. The van der Waals surface area contributed by atoms with Crippen molar-refractivity contribution < 1.29 is 0 Å². The van der Waals surface area contributed by atoms with Gasteiger partial charge in [-0.25, -0.2) is 9.97 Å². The van der Waals surface area contributed by atoms with Crippen LogP contribution in [0.15, 0.2) is 79.0 Å². The molecule has 3 aromatic carbocycles. The highest BCUT2D eigenvalue weighted by molar-refractivity contribution is 7.21. The van der Waals surface area contributed by atoms with E-state index < -0.39 is 0 Å². The monoisotopic (exact) mass is 392 g/mol. The van der Waals surface area contributed by atoms with E-state index in [0.717, 1.165) is 38.7 Å². The van der Waals surface area contributed by atoms with Crippen LogP contribution >= 0.6 is 11.3 Å². The predicted molar refractivity (Wildman–Crippen MR) is 117 cm³/mol. The van der Waals surface area contributed by atoms with Crippen molar-refractivity contribution in [1.82, 2.24) is 14.5 Å². The zero-order valence-electron chi connectivity index (χ0n) is 15.7. The van der Waals surface area contributed by atoms with Crippen molar-refractivity contribution in [2.45, 2.75) is 0 Å². The van der Waals surface area contributed by atoms with Crippen molar-refractivity contribution in [3.05, 3.63) is 84.6 Å². The van der Waals surface area contributed by atoms with Gasteiger partial charge in [0.2, 0.25) is 0 Å². The van der Waals surface area contributed by atoms with Gasteiger partial charge >= 0.3 is 0 Å². The quantitative estimate of drug-likeness (QED) is 0.384. The zero-order chi connectivity index (χ0) is 19.8. The molecule has 0 bridgehead atoms. The highest BCUT2D eigenvalue weighted by atomic mass is 32.1. The molecule has 0 radical (unpaired) electrons. The molecule has 0 aliphatic heterocycles. The number of nitrogens with zero attached hydrogens (tertiary/aromatic N) is 4. The predicted octanol–water partition coefficient (Wildman–Crippen LogP) is 5.90. The maximum atomic E-state index is 8.98. The zero-order valence-corrected chi connectivity index (χ0v) is 16.5. The average molecular weight is 392 g/mol. The van der Waals surface area contributed by atoms with E-state index in [1.807, 2.05) is 55.7 Å². The summed E-state index contributed by atoms with van der Waals surface area (Å²) >= 11 is 1.70. The van der Waals surface area contributed by atoms with E-state index in [4.69, 9.17) is 10.2 Å². The molecule has 2 aromatic heterocycles. The van der Waals surface area contributed by atoms with E-state index in [9.17, 15) is 0 Å². The highest BCUT2D eigenvalue weighted by Gasteiger charge is 2.12. The Labute approximate surface area is 172 Å². The number of hydrogen-bond donors (Lipinski definition) is 0. The lowest BCUT2D eigenvalue weighted by atomic mass is 10.1. The fourth-order valence-corrected chi connectivity index (χ4v) is 4.39. The molecule has 0 unspecified atom stereocenters. The summed E-state index contributed by atoms with van der Waals surface area (Å²) in [5.74, 6) is 0.903. The molecule has 4 nitrogen and oxygen atoms in total. The van der Waals surface area contributed by atoms with Crippen molar-refractivity contribution in [3.8, 4) is 39.3 Å². The van der Waals surface area contributed by atoms with Crippen molar-refractivity contribution in [3.63, 3.8) is 0 Å². The highest BCUT2D eigenvalue weighted by Crippen LogP contribution is 2.32. The minimum Gasteiger partial charge on any atom is -0.327 e. The van der Waals surface area contributed by atoms with E-state index in [0.29, 0.717) is 5.56 Å². The lowest BCUT2D eigenvalue weighted by Crippen LogP contribution is -1.95. The number of imidazole rings is 1. The molecule has 29 heavy (non-hydrogen) atoms. The van der Waals surface area contributed by atoms with Crippen LogP contribution in [0.2, 0.25) is 0 Å².